The van der Waals surface area contributed by atoms with Crippen molar-refractivity contribution in [3.63, 3.8) is 0 Å². The Hall–Kier alpha value is -2.48. The van der Waals surface area contributed by atoms with Gasteiger partial charge in [-0.3, -0.25) is 4.79 Å². The predicted molar refractivity (Wildman–Crippen MR) is 111 cm³/mol. The van der Waals surface area contributed by atoms with Gasteiger partial charge < -0.3 is 10.6 Å². The van der Waals surface area contributed by atoms with Crippen LogP contribution in [0.3, 0.4) is 0 Å². The second kappa shape index (κ2) is 9.14. The van der Waals surface area contributed by atoms with Gasteiger partial charge in [0.2, 0.25) is 5.91 Å². The second-order valence-corrected chi connectivity index (χ2v) is 8.33. The molecular weight excluding hydrogens is 372 g/mol. The highest BCUT2D eigenvalue weighted by atomic mass is 32.1. The maximum absolute atomic E-state index is 12.1. The van der Waals surface area contributed by atoms with Crippen LogP contribution in [0.5, 0.6) is 0 Å². The number of thiophene rings is 1. The number of aromatic nitrogens is 4. The summed E-state index contributed by atoms with van der Waals surface area (Å²) in [6.45, 7) is 1.88. The van der Waals surface area contributed by atoms with Crippen molar-refractivity contribution in [1.29, 1.82) is 0 Å². The fraction of sp³-hybridized carbons (Fsp3) is 0.500. The van der Waals surface area contributed by atoms with Crippen molar-refractivity contribution in [2.45, 2.75) is 51.6 Å². The molecule has 0 saturated heterocycles. The van der Waals surface area contributed by atoms with Crippen molar-refractivity contribution in [2.24, 2.45) is 5.92 Å². The average molecular weight is 399 g/mol. The van der Waals surface area contributed by atoms with E-state index in [9.17, 15) is 4.79 Å². The Bertz CT molecular complexity index is 901. The highest BCUT2D eigenvalue weighted by molar-refractivity contribution is 7.09. The third-order valence-corrected chi connectivity index (χ3v) is 6.22. The highest BCUT2D eigenvalue weighted by Crippen LogP contribution is 2.28. The van der Waals surface area contributed by atoms with E-state index in [0.717, 1.165) is 35.7 Å². The first kappa shape index (κ1) is 18.9. The fourth-order valence-electron chi connectivity index (χ4n) is 3.81. The molecule has 8 heteroatoms. The number of carbonyl (C=O) groups is 1. The molecule has 28 heavy (non-hydrogen) atoms. The van der Waals surface area contributed by atoms with Gasteiger partial charge >= 0.3 is 0 Å². The maximum Gasteiger partial charge on any atom is 0.220 e. The van der Waals surface area contributed by atoms with E-state index < -0.39 is 0 Å². The molecule has 3 aromatic heterocycles. The Morgan fingerprint density at radius 2 is 2.18 bits per heavy atom. The van der Waals surface area contributed by atoms with Gasteiger partial charge in [0, 0.05) is 17.8 Å². The van der Waals surface area contributed by atoms with Crippen LogP contribution in [-0.2, 0) is 17.9 Å². The molecule has 0 unspecified atom stereocenters. The highest BCUT2D eigenvalue weighted by Gasteiger charge is 2.16. The number of hydrogen-bond donors (Lipinski definition) is 2. The lowest BCUT2D eigenvalue weighted by molar-refractivity contribution is -0.121. The molecule has 2 N–H and O–H groups in total. The summed E-state index contributed by atoms with van der Waals surface area (Å²) in [6.07, 6.45) is 10.2. The Morgan fingerprint density at radius 3 is 3.00 bits per heavy atom. The standard InChI is InChI=1S/C20H26N6OS/c27-18(8-7-15-4-1-2-5-15)21-9-10-26-20-17(13-25-26)19(23-14-24-20)22-12-16-6-3-11-28-16/h3,6,11,13-15H,1-2,4-5,7-10,12H2,(H,21,27)(H,22,23,24). The van der Waals surface area contributed by atoms with Gasteiger partial charge in [-0.05, 0) is 23.8 Å². The monoisotopic (exact) mass is 398 g/mol. The van der Waals surface area contributed by atoms with E-state index in [0.29, 0.717) is 19.5 Å². The first-order chi connectivity index (χ1) is 13.8. The first-order valence-electron chi connectivity index (χ1n) is 9.99. The summed E-state index contributed by atoms with van der Waals surface area (Å²) in [5.74, 6) is 1.67. The molecular formula is C20H26N6OS. The third-order valence-electron chi connectivity index (χ3n) is 5.34. The average Bonchev–Trinajstić information content (AvgIpc) is 3.47. The summed E-state index contributed by atoms with van der Waals surface area (Å²) in [5, 5.41) is 13.8. The van der Waals surface area contributed by atoms with Crippen molar-refractivity contribution in [3.8, 4) is 0 Å². The minimum atomic E-state index is 0.135. The molecule has 0 aromatic carbocycles. The van der Waals surface area contributed by atoms with Crippen molar-refractivity contribution >= 4 is 34.1 Å². The summed E-state index contributed by atoms with van der Waals surface area (Å²) in [4.78, 5) is 22.0. The summed E-state index contributed by atoms with van der Waals surface area (Å²) in [5.41, 5.74) is 0.781. The molecule has 0 aliphatic heterocycles. The summed E-state index contributed by atoms with van der Waals surface area (Å²) in [6, 6.07) is 4.13. The van der Waals surface area contributed by atoms with Gasteiger partial charge in [-0.1, -0.05) is 31.7 Å². The Labute approximate surface area is 168 Å². The molecule has 0 atom stereocenters. The number of rotatable bonds is 9. The van der Waals surface area contributed by atoms with E-state index in [1.165, 1.54) is 30.6 Å². The molecule has 3 heterocycles. The fourth-order valence-corrected chi connectivity index (χ4v) is 4.45. The van der Waals surface area contributed by atoms with Crippen molar-refractivity contribution in [2.75, 3.05) is 11.9 Å². The largest absolute Gasteiger partial charge is 0.364 e. The lowest BCUT2D eigenvalue weighted by Crippen LogP contribution is -2.27. The quantitative estimate of drug-likeness (QED) is 0.575. The molecule has 0 bridgehead atoms. The van der Waals surface area contributed by atoms with Crippen LogP contribution >= 0.6 is 11.3 Å². The molecule has 1 amide bonds. The zero-order chi connectivity index (χ0) is 19.2. The van der Waals surface area contributed by atoms with Gasteiger partial charge in [-0.2, -0.15) is 5.10 Å². The molecule has 0 radical (unpaired) electrons. The lowest BCUT2D eigenvalue weighted by atomic mass is 10.0. The van der Waals surface area contributed by atoms with Crippen LogP contribution < -0.4 is 10.6 Å². The van der Waals surface area contributed by atoms with Crippen molar-refractivity contribution in [3.05, 3.63) is 34.9 Å². The van der Waals surface area contributed by atoms with Gasteiger partial charge in [0.15, 0.2) is 5.65 Å². The van der Waals surface area contributed by atoms with Crippen LogP contribution in [0.1, 0.15) is 43.4 Å². The second-order valence-electron chi connectivity index (χ2n) is 7.30. The number of nitrogens with zero attached hydrogens (tertiary/aromatic N) is 4. The topological polar surface area (TPSA) is 84.7 Å². The summed E-state index contributed by atoms with van der Waals surface area (Å²) >= 11 is 1.71. The van der Waals surface area contributed by atoms with Crippen LogP contribution in [0.2, 0.25) is 0 Å². The molecule has 1 aliphatic rings. The molecule has 7 nitrogen and oxygen atoms in total. The van der Waals surface area contributed by atoms with Crippen LogP contribution in [0.4, 0.5) is 5.82 Å². The van der Waals surface area contributed by atoms with Gasteiger partial charge in [0.05, 0.1) is 24.7 Å². The van der Waals surface area contributed by atoms with Gasteiger partial charge in [0.25, 0.3) is 0 Å². The zero-order valence-electron chi connectivity index (χ0n) is 15.9. The molecule has 0 spiro atoms. The van der Waals surface area contributed by atoms with E-state index in [1.807, 2.05) is 10.7 Å². The van der Waals surface area contributed by atoms with E-state index in [1.54, 1.807) is 23.9 Å². The number of amides is 1. The molecule has 148 valence electrons. The predicted octanol–water partition coefficient (Wildman–Crippen LogP) is 3.59. The SMILES string of the molecule is O=C(CCC1CCCC1)NCCn1ncc2c(NCc3cccs3)ncnc21. The molecule has 1 aliphatic carbocycles. The Kier molecular flexibility index (Phi) is 6.16. The molecule has 1 saturated carbocycles. The normalized spacial score (nSPS) is 14.6. The smallest absolute Gasteiger partial charge is 0.220 e. The molecule has 3 aromatic rings. The van der Waals surface area contributed by atoms with Crippen molar-refractivity contribution in [1.82, 2.24) is 25.1 Å². The van der Waals surface area contributed by atoms with E-state index in [4.69, 9.17) is 0 Å². The van der Waals surface area contributed by atoms with E-state index in [2.05, 4.69) is 37.1 Å². The zero-order valence-corrected chi connectivity index (χ0v) is 16.7. The third kappa shape index (κ3) is 4.67. The summed E-state index contributed by atoms with van der Waals surface area (Å²) in [7, 11) is 0. The Balaban J connectivity index is 1.29. The van der Waals surface area contributed by atoms with E-state index in [-0.39, 0.29) is 5.91 Å². The van der Waals surface area contributed by atoms with E-state index >= 15 is 0 Å². The number of hydrogen-bond acceptors (Lipinski definition) is 6. The van der Waals surface area contributed by atoms with Crippen molar-refractivity contribution < 1.29 is 4.79 Å². The Morgan fingerprint density at radius 1 is 1.29 bits per heavy atom. The number of nitrogens with one attached hydrogen (secondary N) is 2. The number of carbonyl (C=O) groups excluding carboxylic acids is 1. The summed E-state index contributed by atoms with van der Waals surface area (Å²) < 4.78 is 1.82. The number of fused-ring (bicyclic) bond motifs is 1. The van der Waals surface area contributed by atoms with Gasteiger partial charge in [-0.25, -0.2) is 14.6 Å². The minimum absolute atomic E-state index is 0.135. The van der Waals surface area contributed by atoms with Gasteiger partial charge in [-0.15, -0.1) is 11.3 Å². The lowest BCUT2D eigenvalue weighted by Gasteiger charge is -2.09. The maximum atomic E-state index is 12.1. The molecule has 1 fully saturated rings. The van der Waals surface area contributed by atoms with Gasteiger partial charge in [0.1, 0.15) is 12.1 Å². The number of anilines is 1. The van der Waals surface area contributed by atoms with Crippen LogP contribution in [-0.4, -0.2) is 32.2 Å². The first-order valence-corrected chi connectivity index (χ1v) is 10.9. The minimum Gasteiger partial charge on any atom is -0.364 e. The van der Waals surface area contributed by atoms with Crippen LogP contribution in [0, 0.1) is 5.92 Å². The molecule has 4 rings (SSSR count). The van der Waals surface area contributed by atoms with Crippen LogP contribution in [0.25, 0.3) is 11.0 Å². The van der Waals surface area contributed by atoms with Crippen LogP contribution in [0.15, 0.2) is 30.0 Å².